The summed E-state index contributed by atoms with van der Waals surface area (Å²) >= 11 is 3.42. The maximum atomic E-state index is 5.95. The molecule has 2 heterocycles. The smallest absolute Gasteiger partial charge is 0.199 e. The molecule has 1 saturated heterocycles. The number of halogens is 1. The van der Waals surface area contributed by atoms with E-state index in [1.807, 2.05) is 12.1 Å². The molecule has 1 aromatic carbocycles. The van der Waals surface area contributed by atoms with E-state index < -0.39 is 0 Å². The van der Waals surface area contributed by atoms with Crippen LogP contribution in [0.2, 0.25) is 0 Å². The van der Waals surface area contributed by atoms with Crippen molar-refractivity contribution in [2.45, 2.75) is 19.3 Å². The Labute approximate surface area is 114 Å². The standard InChI is InChI=1S/C13H15BrN2O2/c1-7-6-17-3-2-9(7)13-16-11-5-8(14)4-10(15)12(11)18-13/h4-5,7,9H,2-3,6,15H2,1H3. The molecule has 2 atom stereocenters. The first kappa shape index (κ1) is 12.0. The molecule has 1 aromatic heterocycles. The molecule has 3 rings (SSSR count). The van der Waals surface area contributed by atoms with Crippen molar-refractivity contribution >= 4 is 32.7 Å². The maximum Gasteiger partial charge on any atom is 0.199 e. The fourth-order valence-corrected chi connectivity index (χ4v) is 2.91. The Kier molecular flexibility index (Phi) is 3.03. The number of aromatic nitrogens is 1. The number of oxazole rings is 1. The number of nitrogen functional groups attached to an aromatic ring is 1. The number of rotatable bonds is 1. The third-order valence-electron chi connectivity index (χ3n) is 3.46. The van der Waals surface area contributed by atoms with E-state index in [0.29, 0.717) is 23.1 Å². The van der Waals surface area contributed by atoms with Crippen LogP contribution < -0.4 is 5.73 Å². The summed E-state index contributed by atoms with van der Waals surface area (Å²) in [4.78, 5) is 4.58. The van der Waals surface area contributed by atoms with Gasteiger partial charge in [0.2, 0.25) is 0 Å². The van der Waals surface area contributed by atoms with E-state index >= 15 is 0 Å². The topological polar surface area (TPSA) is 61.3 Å². The molecule has 1 aliphatic rings. The van der Waals surface area contributed by atoms with Crippen LogP contribution in [0.4, 0.5) is 5.69 Å². The minimum Gasteiger partial charge on any atom is -0.438 e. The van der Waals surface area contributed by atoms with Crippen LogP contribution in [0.1, 0.15) is 25.2 Å². The zero-order valence-corrected chi connectivity index (χ0v) is 11.7. The number of hydrogen-bond donors (Lipinski definition) is 1. The molecule has 0 saturated carbocycles. The third-order valence-corrected chi connectivity index (χ3v) is 3.92. The van der Waals surface area contributed by atoms with Crippen molar-refractivity contribution in [1.29, 1.82) is 0 Å². The summed E-state index contributed by atoms with van der Waals surface area (Å²) < 4.78 is 12.2. The SMILES string of the molecule is CC1COCCC1c1nc2cc(Br)cc(N)c2o1. The molecule has 5 heteroatoms. The van der Waals surface area contributed by atoms with Gasteiger partial charge in [-0.3, -0.25) is 0 Å². The summed E-state index contributed by atoms with van der Waals surface area (Å²) in [6, 6.07) is 3.77. The fraction of sp³-hybridized carbons (Fsp3) is 0.462. The van der Waals surface area contributed by atoms with Crippen molar-refractivity contribution in [1.82, 2.24) is 4.98 Å². The molecule has 0 bridgehead atoms. The molecule has 0 amide bonds. The van der Waals surface area contributed by atoms with Gasteiger partial charge in [0.15, 0.2) is 11.5 Å². The molecule has 18 heavy (non-hydrogen) atoms. The normalized spacial score (nSPS) is 24.6. The highest BCUT2D eigenvalue weighted by Crippen LogP contribution is 2.35. The van der Waals surface area contributed by atoms with Crippen molar-refractivity contribution in [3.63, 3.8) is 0 Å². The summed E-state index contributed by atoms with van der Waals surface area (Å²) in [6.45, 7) is 3.70. The van der Waals surface area contributed by atoms with E-state index in [1.54, 1.807) is 0 Å². The minimum atomic E-state index is 0.323. The molecule has 1 fully saturated rings. The summed E-state index contributed by atoms with van der Waals surface area (Å²) in [7, 11) is 0. The summed E-state index contributed by atoms with van der Waals surface area (Å²) in [5, 5.41) is 0. The second-order valence-electron chi connectivity index (χ2n) is 4.84. The number of ether oxygens (including phenoxy) is 1. The highest BCUT2D eigenvalue weighted by atomic mass is 79.9. The Morgan fingerprint density at radius 1 is 1.44 bits per heavy atom. The largest absolute Gasteiger partial charge is 0.438 e. The number of fused-ring (bicyclic) bond motifs is 1. The lowest BCUT2D eigenvalue weighted by Gasteiger charge is -2.26. The van der Waals surface area contributed by atoms with E-state index in [2.05, 4.69) is 27.8 Å². The molecule has 0 aliphatic carbocycles. The Balaban J connectivity index is 2.05. The van der Waals surface area contributed by atoms with E-state index in [4.69, 9.17) is 14.9 Å². The van der Waals surface area contributed by atoms with Gasteiger partial charge >= 0.3 is 0 Å². The minimum absolute atomic E-state index is 0.323. The predicted molar refractivity (Wildman–Crippen MR) is 73.5 cm³/mol. The number of benzene rings is 1. The molecule has 96 valence electrons. The summed E-state index contributed by atoms with van der Waals surface area (Å²) in [5.74, 6) is 1.53. The van der Waals surface area contributed by atoms with Gasteiger partial charge in [0.1, 0.15) is 5.52 Å². The van der Waals surface area contributed by atoms with E-state index in [0.717, 1.165) is 35.5 Å². The quantitative estimate of drug-likeness (QED) is 0.821. The Morgan fingerprint density at radius 2 is 2.28 bits per heavy atom. The molecule has 2 N–H and O–H groups in total. The lowest BCUT2D eigenvalue weighted by molar-refractivity contribution is 0.0412. The van der Waals surface area contributed by atoms with Gasteiger partial charge in [-0.25, -0.2) is 4.98 Å². The van der Waals surface area contributed by atoms with Gasteiger partial charge in [-0.05, 0) is 24.5 Å². The molecular weight excluding hydrogens is 296 g/mol. The molecule has 2 aromatic rings. The van der Waals surface area contributed by atoms with Crippen molar-refractivity contribution in [3.05, 3.63) is 22.5 Å². The van der Waals surface area contributed by atoms with Crippen LogP contribution in [0, 0.1) is 5.92 Å². The Bertz CT molecular complexity index is 582. The van der Waals surface area contributed by atoms with E-state index in [9.17, 15) is 0 Å². The monoisotopic (exact) mass is 310 g/mol. The van der Waals surface area contributed by atoms with Crippen molar-refractivity contribution in [2.75, 3.05) is 18.9 Å². The fourth-order valence-electron chi connectivity index (χ4n) is 2.45. The van der Waals surface area contributed by atoms with Crippen molar-refractivity contribution < 1.29 is 9.15 Å². The van der Waals surface area contributed by atoms with Crippen molar-refractivity contribution in [2.24, 2.45) is 5.92 Å². The Hall–Kier alpha value is -1.07. The summed E-state index contributed by atoms with van der Waals surface area (Å²) in [5.41, 5.74) is 8.07. The van der Waals surface area contributed by atoms with Gasteiger partial charge in [0, 0.05) is 23.6 Å². The van der Waals surface area contributed by atoms with Gasteiger partial charge in [-0.15, -0.1) is 0 Å². The van der Waals surface area contributed by atoms with Crippen LogP contribution >= 0.6 is 15.9 Å². The van der Waals surface area contributed by atoms with Gasteiger partial charge in [-0.2, -0.15) is 0 Å². The molecular formula is C13H15BrN2O2. The molecule has 0 radical (unpaired) electrons. The second kappa shape index (κ2) is 4.55. The molecule has 2 unspecified atom stereocenters. The second-order valence-corrected chi connectivity index (χ2v) is 5.76. The van der Waals surface area contributed by atoms with Crippen LogP contribution in [0.3, 0.4) is 0 Å². The highest BCUT2D eigenvalue weighted by molar-refractivity contribution is 9.10. The maximum absolute atomic E-state index is 5.95. The molecule has 0 spiro atoms. The molecule has 1 aliphatic heterocycles. The number of anilines is 1. The number of nitrogens with two attached hydrogens (primary N) is 1. The average Bonchev–Trinajstić information content (AvgIpc) is 2.73. The van der Waals surface area contributed by atoms with E-state index in [1.165, 1.54) is 0 Å². The lowest BCUT2D eigenvalue weighted by atomic mass is 9.90. The van der Waals surface area contributed by atoms with Crippen LogP contribution in [-0.4, -0.2) is 18.2 Å². The first-order valence-corrected chi connectivity index (χ1v) is 6.87. The number of nitrogens with zero attached hydrogens (tertiary/aromatic N) is 1. The van der Waals surface area contributed by atoms with Gasteiger partial charge in [-0.1, -0.05) is 22.9 Å². The van der Waals surface area contributed by atoms with Crippen LogP contribution in [-0.2, 0) is 4.74 Å². The average molecular weight is 311 g/mol. The van der Waals surface area contributed by atoms with Crippen LogP contribution in [0.15, 0.2) is 21.0 Å². The van der Waals surface area contributed by atoms with E-state index in [-0.39, 0.29) is 0 Å². The van der Waals surface area contributed by atoms with Gasteiger partial charge in [0.05, 0.1) is 5.69 Å². The van der Waals surface area contributed by atoms with Gasteiger partial charge in [0.25, 0.3) is 0 Å². The Morgan fingerprint density at radius 3 is 3.06 bits per heavy atom. The zero-order chi connectivity index (χ0) is 12.7. The first-order valence-electron chi connectivity index (χ1n) is 6.08. The highest BCUT2D eigenvalue weighted by Gasteiger charge is 2.28. The lowest BCUT2D eigenvalue weighted by Crippen LogP contribution is -2.23. The zero-order valence-electron chi connectivity index (χ0n) is 10.1. The predicted octanol–water partition coefficient (Wildman–Crippen LogP) is 3.31. The summed E-state index contributed by atoms with van der Waals surface area (Å²) in [6.07, 6.45) is 0.953. The van der Waals surface area contributed by atoms with Crippen LogP contribution in [0.25, 0.3) is 11.1 Å². The van der Waals surface area contributed by atoms with Crippen LogP contribution in [0.5, 0.6) is 0 Å². The van der Waals surface area contributed by atoms with Crippen molar-refractivity contribution in [3.8, 4) is 0 Å². The molecule has 4 nitrogen and oxygen atoms in total. The third kappa shape index (κ3) is 2.01. The van der Waals surface area contributed by atoms with Gasteiger partial charge < -0.3 is 14.9 Å². The first-order chi connectivity index (χ1) is 8.65. The number of hydrogen-bond acceptors (Lipinski definition) is 4.